The van der Waals surface area contributed by atoms with Crippen molar-refractivity contribution in [3.05, 3.63) is 97.4 Å². The molecule has 1 aromatic heterocycles. The summed E-state index contributed by atoms with van der Waals surface area (Å²) < 4.78 is 16.1. The topological polar surface area (TPSA) is 137 Å². The number of aromatic nitrogens is 1. The highest BCUT2D eigenvalue weighted by Gasteiger charge is 2.21. The Morgan fingerprint density at radius 2 is 1.75 bits per heavy atom. The standard InChI is InChI=1S/C28H21ClN4O6S/c1-37-24-10-17(11-25(38-2)27(24)39-3)26(34)21-12-19(29)6-9-22(21)31-14-18(13-30)28-32-23(15-40-28)16-4-7-20(8-5-16)33(35)36/h4-12,14-15,31H,1-3H3. The van der Waals surface area contributed by atoms with Gasteiger partial charge in [0.2, 0.25) is 5.75 Å². The number of benzene rings is 3. The molecule has 0 bridgehead atoms. The summed E-state index contributed by atoms with van der Waals surface area (Å²) in [7, 11) is 4.38. The maximum Gasteiger partial charge on any atom is 0.269 e. The third kappa shape index (κ3) is 5.88. The molecular weight excluding hydrogens is 556 g/mol. The molecule has 0 unspecified atom stereocenters. The average Bonchev–Trinajstić information content (AvgIpc) is 3.47. The normalized spacial score (nSPS) is 10.9. The Kier molecular flexibility index (Phi) is 8.63. The van der Waals surface area contributed by atoms with E-state index >= 15 is 0 Å². The molecule has 4 rings (SSSR count). The number of carbonyl (C=O) groups excluding carboxylic acids is 1. The zero-order valence-electron chi connectivity index (χ0n) is 21.4. The van der Waals surface area contributed by atoms with Crippen LogP contribution in [0.3, 0.4) is 0 Å². The Hall–Kier alpha value is -4.92. The quantitative estimate of drug-likeness (QED) is 0.0957. The first-order valence-electron chi connectivity index (χ1n) is 11.5. The maximum absolute atomic E-state index is 13.6. The van der Waals surface area contributed by atoms with Gasteiger partial charge in [0.25, 0.3) is 5.69 Å². The Morgan fingerprint density at radius 3 is 2.33 bits per heavy atom. The number of nitro benzene ring substituents is 1. The molecule has 202 valence electrons. The van der Waals surface area contributed by atoms with Gasteiger partial charge < -0.3 is 19.5 Å². The van der Waals surface area contributed by atoms with Crippen molar-refractivity contribution in [2.45, 2.75) is 0 Å². The Labute approximate surface area is 238 Å². The number of hydrogen-bond donors (Lipinski definition) is 1. The summed E-state index contributed by atoms with van der Waals surface area (Å²) >= 11 is 7.46. The van der Waals surface area contributed by atoms with E-state index in [-0.39, 0.29) is 28.2 Å². The van der Waals surface area contributed by atoms with E-state index in [2.05, 4.69) is 16.4 Å². The van der Waals surface area contributed by atoms with Crippen LogP contribution in [-0.4, -0.2) is 37.0 Å². The number of nitro groups is 1. The van der Waals surface area contributed by atoms with Gasteiger partial charge in [-0.2, -0.15) is 5.26 Å². The molecule has 3 aromatic carbocycles. The molecule has 10 nitrogen and oxygen atoms in total. The number of ketones is 1. The van der Waals surface area contributed by atoms with Gasteiger partial charge >= 0.3 is 0 Å². The van der Waals surface area contributed by atoms with E-state index in [0.717, 1.165) is 0 Å². The van der Waals surface area contributed by atoms with Crippen LogP contribution in [0.25, 0.3) is 16.8 Å². The molecule has 0 saturated heterocycles. The van der Waals surface area contributed by atoms with Crippen molar-refractivity contribution in [2.75, 3.05) is 26.6 Å². The van der Waals surface area contributed by atoms with Gasteiger partial charge in [0.15, 0.2) is 17.3 Å². The van der Waals surface area contributed by atoms with Crippen molar-refractivity contribution < 1.29 is 23.9 Å². The zero-order chi connectivity index (χ0) is 28.8. The van der Waals surface area contributed by atoms with E-state index in [1.165, 1.54) is 57.1 Å². The fraction of sp³-hybridized carbons (Fsp3) is 0.107. The van der Waals surface area contributed by atoms with Crippen molar-refractivity contribution in [2.24, 2.45) is 0 Å². The van der Waals surface area contributed by atoms with Crippen LogP contribution >= 0.6 is 22.9 Å². The fourth-order valence-corrected chi connectivity index (χ4v) is 4.74. The molecule has 0 radical (unpaired) electrons. The molecule has 0 aliphatic rings. The lowest BCUT2D eigenvalue weighted by atomic mass is 10.0. The molecule has 4 aromatic rings. The highest BCUT2D eigenvalue weighted by atomic mass is 35.5. The number of nitriles is 1. The first-order chi connectivity index (χ1) is 19.3. The smallest absolute Gasteiger partial charge is 0.269 e. The number of rotatable bonds is 10. The number of halogens is 1. The maximum atomic E-state index is 13.6. The molecule has 1 N–H and O–H groups in total. The summed E-state index contributed by atoms with van der Waals surface area (Å²) in [5, 5.41) is 26.3. The van der Waals surface area contributed by atoms with Crippen LogP contribution in [0.2, 0.25) is 5.02 Å². The molecule has 0 aliphatic carbocycles. The van der Waals surface area contributed by atoms with Crippen molar-refractivity contribution >= 4 is 45.7 Å². The van der Waals surface area contributed by atoms with Gasteiger partial charge in [-0.25, -0.2) is 4.98 Å². The van der Waals surface area contributed by atoms with Gasteiger partial charge in [0, 0.05) is 51.1 Å². The first kappa shape index (κ1) is 28.1. The number of carbonyl (C=O) groups is 1. The highest BCUT2D eigenvalue weighted by Crippen LogP contribution is 2.39. The Bertz CT molecular complexity index is 1640. The van der Waals surface area contributed by atoms with Crippen LogP contribution in [0.15, 0.2) is 66.2 Å². The molecule has 1 heterocycles. The van der Waals surface area contributed by atoms with E-state index in [1.807, 2.05) is 0 Å². The van der Waals surface area contributed by atoms with Crippen molar-refractivity contribution in [1.29, 1.82) is 5.26 Å². The number of non-ortho nitro benzene ring substituents is 1. The van der Waals surface area contributed by atoms with Gasteiger partial charge in [-0.3, -0.25) is 14.9 Å². The van der Waals surface area contributed by atoms with Gasteiger partial charge in [-0.1, -0.05) is 11.6 Å². The third-order valence-electron chi connectivity index (χ3n) is 5.75. The number of anilines is 1. The summed E-state index contributed by atoms with van der Waals surface area (Å²) in [6.45, 7) is 0. The van der Waals surface area contributed by atoms with E-state index in [9.17, 15) is 20.2 Å². The number of hydrogen-bond acceptors (Lipinski definition) is 10. The van der Waals surface area contributed by atoms with Crippen molar-refractivity contribution in [3.8, 4) is 34.6 Å². The van der Waals surface area contributed by atoms with Crippen LogP contribution in [0, 0.1) is 21.4 Å². The minimum absolute atomic E-state index is 0.0270. The van der Waals surface area contributed by atoms with Crippen LogP contribution in [0.4, 0.5) is 11.4 Å². The van der Waals surface area contributed by atoms with Gasteiger partial charge in [-0.15, -0.1) is 11.3 Å². The summed E-state index contributed by atoms with van der Waals surface area (Å²) in [5.74, 6) is 0.622. The van der Waals surface area contributed by atoms with Crippen LogP contribution in [0.5, 0.6) is 17.2 Å². The fourth-order valence-electron chi connectivity index (χ4n) is 3.77. The Morgan fingerprint density at radius 1 is 1.07 bits per heavy atom. The summed E-state index contributed by atoms with van der Waals surface area (Å²) in [4.78, 5) is 28.5. The number of allylic oxidation sites excluding steroid dienone is 1. The lowest BCUT2D eigenvalue weighted by molar-refractivity contribution is -0.384. The lowest BCUT2D eigenvalue weighted by Crippen LogP contribution is -2.07. The van der Waals surface area contributed by atoms with E-state index in [0.29, 0.717) is 44.2 Å². The summed E-state index contributed by atoms with van der Waals surface area (Å²) in [5.41, 5.74) is 2.37. The summed E-state index contributed by atoms with van der Waals surface area (Å²) in [6.07, 6.45) is 1.45. The van der Waals surface area contributed by atoms with E-state index in [1.54, 1.807) is 41.8 Å². The summed E-state index contributed by atoms with van der Waals surface area (Å²) in [6, 6.07) is 15.9. The monoisotopic (exact) mass is 576 g/mol. The Balaban J connectivity index is 1.64. The highest BCUT2D eigenvalue weighted by molar-refractivity contribution is 7.11. The zero-order valence-corrected chi connectivity index (χ0v) is 23.0. The number of ether oxygens (including phenoxy) is 3. The van der Waals surface area contributed by atoms with Crippen LogP contribution < -0.4 is 19.5 Å². The second-order valence-corrected chi connectivity index (χ2v) is 9.38. The molecule has 0 spiro atoms. The third-order valence-corrected chi connectivity index (χ3v) is 6.86. The predicted octanol–water partition coefficient (Wildman–Crippen LogP) is 6.61. The largest absolute Gasteiger partial charge is 0.493 e. The van der Waals surface area contributed by atoms with Gasteiger partial charge in [0.05, 0.1) is 31.9 Å². The number of nitrogens with zero attached hydrogens (tertiary/aromatic N) is 3. The molecule has 40 heavy (non-hydrogen) atoms. The molecule has 0 amide bonds. The van der Waals surface area contributed by atoms with E-state index in [4.69, 9.17) is 25.8 Å². The predicted molar refractivity (Wildman–Crippen MR) is 152 cm³/mol. The van der Waals surface area contributed by atoms with Gasteiger partial charge in [-0.05, 0) is 42.5 Å². The molecular formula is C28H21ClN4O6S. The molecule has 0 fully saturated rings. The minimum atomic E-state index is -0.476. The van der Waals surface area contributed by atoms with Crippen molar-refractivity contribution in [3.63, 3.8) is 0 Å². The molecule has 0 atom stereocenters. The lowest BCUT2D eigenvalue weighted by Gasteiger charge is -2.15. The van der Waals surface area contributed by atoms with E-state index < -0.39 is 4.92 Å². The average molecular weight is 577 g/mol. The molecule has 0 aliphatic heterocycles. The van der Waals surface area contributed by atoms with Crippen LogP contribution in [-0.2, 0) is 0 Å². The van der Waals surface area contributed by atoms with Crippen molar-refractivity contribution in [1.82, 2.24) is 4.98 Å². The minimum Gasteiger partial charge on any atom is -0.493 e. The van der Waals surface area contributed by atoms with Crippen LogP contribution in [0.1, 0.15) is 20.9 Å². The number of nitrogens with one attached hydrogen (secondary N) is 1. The van der Waals surface area contributed by atoms with Gasteiger partial charge in [0.1, 0.15) is 16.6 Å². The molecule has 0 saturated carbocycles. The second-order valence-electron chi connectivity index (χ2n) is 8.09. The number of methoxy groups -OCH3 is 3. The second kappa shape index (κ2) is 12.3. The number of thiazole rings is 1. The molecule has 12 heteroatoms. The SMILES string of the molecule is COc1cc(C(=O)c2cc(Cl)ccc2NC=C(C#N)c2nc(-c3ccc([N+](=O)[O-])cc3)cs2)cc(OC)c1OC. The first-order valence-corrected chi connectivity index (χ1v) is 12.8.